The molecule has 0 amide bonds. The van der Waals surface area contributed by atoms with Crippen LogP contribution in [0.15, 0.2) is 0 Å². The maximum atomic E-state index is 4.02. The van der Waals surface area contributed by atoms with Crippen LogP contribution in [0.25, 0.3) is 0 Å². The summed E-state index contributed by atoms with van der Waals surface area (Å²) in [7, 11) is 0. The van der Waals surface area contributed by atoms with Gasteiger partial charge in [0.05, 0.1) is 0 Å². The first kappa shape index (κ1) is 10.6. The second kappa shape index (κ2) is 6.70. The molecule has 0 radical (unpaired) electrons. The second-order valence-electron chi connectivity index (χ2n) is 1.03. The van der Waals surface area contributed by atoms with Crippen LogP contribution in [0.2, 0.25) is 0 Å². The maximum absolute atomic E-state index is 4.02. The first-order chi connectivity index (χ1) is 2.27. The van der Waals surface area contributed by atoms with Gasteiger partial charge in [0.1, 0.15) is 0 Å². The van der Waals surface area contributed by atoms with Gasteiger partial charge in [-0.1, -0.05) is 6.92 Å². The average molecular weight is 131 g/mol. The summed E-state index contributed by atoms with van der Waals surface area (Å²) in [4.78, 5) is 0. The third-order valence-corrected chi connectivity index (χ3v) is 1.28. The van der Waals surface area contributed by atoms with Crippen molar-refractivity contribution in [1.82, 2.24) is 0 Å². The van der Waals surface area contributed by atoms with Crippen molar-refractivity contribution < 1.29 is 29.6 Å². The first-order valence-electron chi connectivity index (χ1n) is 1.56. The molecule has 0 saturated carbocycles. The van der Waals surface area contributed by atoms with Gasteiger partial charge in [0, 0.05) is 11.0 Å². The minimum atomic E-state index is 0. The second-order valence-corrected chi connectivity index (χ2v) is 2.28. The fourth-order valence-electron chi connectivity index (χ4n) is 0. The summed E-state index contributed by atoms with van der Waals surface area (Å²) in [6, 6.07) is 0. The molecule has 0 bridgehead atoms. The predicted octanol–water partition coefficient (Wildman–Crippen LogP) is -1.76. The quantitative estimate of drug-likeness (QED) is 0.306. The molecule has 32 valence electrons. The average Bonchev–Trinajstić information content (AvgIpc) is 1.38. The molecule has 0 nitrogen and oxygen atoms in total. The molecule has 0 rings (SSSR count). The molecule has 1 atom stereocenters. The van der Waals surface area contributed by atoms with E-state index in [-0.39, 0.29) is 29.6 Å². The molecule has 0 fully saturated rings. The van der Waals surface area contributed by atoms with E-state index in [4.69, 9.17) is 0 Å². The van der Waals surface area contributed by atoms with Crippen molar-refractivity contribution in [3.05, 3.63) is 0 Å². The fourth-order valence-corrected chi connectivity index (χ4v) is 0. The van der Waals surface area contributed by atoms with Gasteiger partial charge in [-0.3, -0.25) is 0 Å². The largest absolute Gasteiger partial charge is 1.00 e. The Balaban J connectivity index is 0. The minimum Gasteiger partial charge on any atom is -0.178 e. The molecule has 3 heteroatoms. The van der Waals surface area contributed by atoms with Crippen LogP contribution in [0.3, 0.4) is 0 Å². The molecule has 0 aliphatic carbocycles. The van der Waals surface area contributed by atoms with E-state index >= 15 is 0 Å². The van der Waals surface area contributed by atoms with Crippen LogP contribution < -0.4 is 29.6 Å². The summed E-state index contributed by atoms with van der Waals surface area (Å²) < 4.78 is 0. The Morgan fingerprint density at radius 1 is 1.67 bits per heavy atom. The first-order valence-corrected chi connectivity index (χ1v) is 2.71. The summed E-state index contributed by atoms with van der Waals surface area (Å²) in [5, 5.41) is 0.443. The van der Waals surface area contributed by atoms with Crippen LogP contribution in [0.5, 0.6) is 0 Å². The number of hydrogen-bond acceptors (Lipinski definition) is 2. The zero-order valence-corrected chi connectivity index (χ0v) is 7.97. The van der Waals surface area contributed by atoms with Crippen molar-refractivity contribution in [1.29, 1.82) is 0 Å². The minimum absolute atomic E-state index is 0. The normalized spacial score (nSPS) is 12.5. The summed E-state index contributed by atoms with van der Waals surface area (Å²) >= 11 is 7.96. The number of thiol groups is 2. The Morgan fingerprint density at radius 3 is 1.83 bits per heavy atom. The summed E-state index contributed by atoms with van der Waals surface area (Å²) in [6.07, 6.45) is 0. The summed E-state index contributed by atoms with van der Waals surface area (Å²) in [5.41, 5.74) is 0. The zero-order chi connectivity index (χ0) is 4.28. The fraction of sp³-hybridized carbons (Fsp3) is 1.00. The molecule has 0 aliphatic rings. The molecule has 0 aromatic heterocycles. The molecule has 0 aliphatic heterocycles. The van der Waals surface area contributed by atoms with E-state index in [1.165, 1.54) is 0 Å². The van der Waals surface area contributed by atoms with Gasteiger partial charge >= 0.3 is 29.6 Å². The Labute approximate surface area is 72.2 Å². The number of rotatable bonds is 1. The Hall–Kier alpha value is 1.70. The van der Waals surface area contributed by atoms with Gasteiger partial charge in [0.2, 0.25) is 0 Å². The molecule has 0 N–H and O–H groups in total. The van der Waals surface area contributed by atoms with Crippen molar-refractivity contribution in [2.24, 2.45) is 0 Å². The Bertz CT molecular complexity index is 22.8. The molecule has 0 heterocycles. The van der Waals surface area contributed by atoms with Crippen LogP contribution in [0.1, 0.15) is 6.92 Å². The maximum Gasteiger partial charge on any atom is 1.00 e. The smallest absolute Gasteiger partial charge is 0.178 e. The SMILES string of the molecule is CC(S)CS.[Na+]. The Kier molecular flexibility index (Phi) is 11.9. The van der Waals surface area contributed by atoms with E-state index in [0.29, 0.717) is 5.25 Å². The van der Waals surface area contributed by atoms with E-state index in [1.54, 1.807) is 0 Å². The van der Waals surface area contributed by atoms with Gasteiger partial charge in [0.15, 0.2) is 0 Å². The van der Waals surface area contributed by atoms with Gasteiger partial charge in [-0.2, -0.15) is 25.3 Å². The number of hydrogen-bond donors (Lipinski definition) is 2. The van der Waals surface area contributed by atoms with Crippen molar-refractivity contribution in [3.63, 3.8) is 0 Å². The predicted molar refractivity (Wildman–Crippen MR) is 32.3 cm³/mol. The summed E-state index contributed by atoms with van der Waals surface area (Å²) in [5.74, 6) is 0.864. The molecule has 1 unspecified atom stereocenters. The van der Waals surface area contributed by atoms with Crippen LogP contribution in [-0.2, 0) is 0 Å². The molecule has 0 aromatic rings. The van der Waals surface area contributed by atoms with Crippen molar-refractivity contribution in [2.45, 2.75) is 12.2 Å². The van der Waals surface area contributed by atoms with E-state index in [9.17, 15) is 0 Å². The van der Waals surface area contributed by atoms with Crippen LogP contribution in [-0.4, -0.2) is 11.0 Å². The van der Waals surface area contributed by atoms with Crippen LogP contribution in [0.4, 0.5) is 0 Å². The molecule has 0 spiro atoms. The van der Waals surface area contributed by atoms with Gasteiger partial charge < -0.3 is 0 Å². The topological polar surface area (TPSA) is 0 Å². The molecule has 0 saturated heterocycles. The summed E-state index contributed by atoms with van der Waals surface area (Å²) in [6.45, 7) is 2.01. The van der Waals surface area contributed by atoms with Crippen molar-refractivity contribution in [2.75, 3.05) is 5.75 Å². The van der Waals surface area contributed by atoms with E-state index in [0.717, 1.165) is 5.75 Å². The van der Waals surface area contributed by atoms with E-state index in [2.05, 4.69) is 25.3 Å². The zero-order valence-electron chi connectivity index (χ0n) is 4.18. The van der Waals surface area contributed by atoms with Crippen LogP contribution >= 0.6 is 25.3 Å². The van der Waals surface area contributed by atoms with Crippen LogP contribution in [0, 0.1) is 0 Å². The van der Waals surface area contributed by atoms with E-state index < -0.39 is 0 Å². The third kappa shape index (κ3) is 9.20. The molecular weight excluding hydrogens is 123 g/mol. The van der Waals surface area contributed by atoms with Gasteiger partial charge in [-0.25, -0.2) is 0 Å². The van der Waals surface area contributed by atoms with Gasteiger partial charge in [-0.15, -0.1) is 0 Å². The molecule has 6 heavy (non-hydrogen) atoms. The molecule has 0 aromatic carbocycles. The van der Waals surface area contributed by atoms with Crippen molar-refractivity contribution >= 4 is 25.3 Å². The monoisotopic (exact) mass is 131 g/mol. The van der Waals surface area contributed by atoms with Gasteiger partial charge in [0.25, 0.3) is 0 Å². The van der Waals surface area contributed by atoms with Gasteiger partial charge in [-0.05, 0) is 0 Å². The Morgan fingerprint density at radius 2 is 1.83 bits per heavy atom. The third-order valence-electron chi connectivity index (χ3n) is 0.264. The standard InChI is InChI=1S/C3H8S2.Na/c1-3(5)2-4;/h3-5H,2H2,1H3;/q;+1. The van der Waals surface area contributed by atoms with Crippen molar-refractivity contribution in [3.8, 4) is 0 Å². The molecular formula is C3H8NaS2+. The van der Waals surface area contributed by atoms with E-state index in [1.807, 2.05) is 6.92 Å².